The van der Waals surface area contributed by atoms with Gasteiger partial charge in [0, 0.05) is 0 Å². The number of hydrogen-bond donors (Lipinski definition) is 1. The fourth-order valence-electron chi connectivity index (χ4n) is 2.90. The summed E-state index contributed by atoms with van der Waals surface area (Å²) in [6.45, 7) is 1.96. The molecule has 0 aliphatic heterocycles. The summed E-state index contributed by atoms with van der Waals surface area (Å²) >= 11 is 0. The van der Waals surface area contributed by atoms with Crippen molar-refractivity contribution in [3.63, 3.8) is 0 Å². The van der Waals surface area contributed by atoms with Crippen LogP contribution in [0, 0.1) is 12.8 Å². The van der Waals surface area contributed by atoms with Gasteiger partial charge in [-0.1, -0.05) is 24.3 Å². The zero-order chi connectivity index (χ0) is 12.5. The van der Waals surface area contributed by atoms with Crippen LogP contribution < -0.4 is 5.73 Å². The van der Waals surface area contributed by atoms with E-state index in [-0.39, 0.29) is 6.04 Å². The lowest BCUT2D eigenvalue weighted by molar-refractivity contribution is 0.328. The van der Waals surface area contributed by atoms with E-state index < -0.39 is 0 Å². The first-order valence-corrected chi connectivity index (χ1v) is 6.63. The monoisotopic (exact) mass is 241 g/mol. The topological polar surface area (TPSA) is 39.2 Å². The smallest absolute Gasteiger partial charge is 0.121 e. The molecule has 0 saturated carbocycles. The first-order valence-electron chi connectivity index (χ1n) is 6.63. The van der Waals surface area contributed by atoms with Crippen LogP contribution in [0.5, 0.6) is 0 Å². The highest BCUT2D eigenvalue weighted by Crippen LogP contribution is 2.33. The van der Waals surface area contributed by atoms with E-state index in [4.69, 9.17) is 10.2 Å². The van der Waals surface area contributed by atoms with Gasteiger partial charge in [0.15, 0.2) is 0 Å². The molecule has 3 rings (SSSR count). The molecule has 2 nitrogen and oxygen atoms in total. The van der Waals surface area contributed by atoms with Gasteiger partial charge in [-0.05, 0) is 55.4 Å². The highest BCUT2D eigenvalue weighted by molar-refractivity contribution is 5.30. The Hall–Kier alpha value is -1.54. The molecule has 2 heteroatoms. The molecule has 94 valence electrons. The Morgan fingerprint density at radius 1 is 1.17 bits per heavy atom. The number of rotatable bonds is 2. The Labute approximate surface area is 108 Å². The van der Waals surface area contributed by atoms with Gasteiger partial charge in [0.2, 0.25) is 0 Å². The molecule has 2 atom stereocenters. The van der Waals surface area contributed by atoms with Gasteiger partial charge < -0.3 is 10.2 Å². The molecule has 0 bridgehead atoms. The quantitative estimate of drug-likeness (QED) is 0.875. The Morgan fingerprint density at radius 2 is 1.94 bits per heavy atom. The number of benzene rings is 1. The molecule has 0 fully saturated rings. The SMILES string of the molecule is Cc1ccc(C(N)C2CCc3ccccc3C2)o1. The van der Waals surface area contributed by atoms with Gasteiger partial charge in [-0.3, -0.25) is 0 Å². The highest BCUT2D eigenvalue weighted by atomic mass is 16.3. The summed E-state index contributed by atoms with van der Waals surface area (Å²) in [6.07, 6.45) is 3.35. The summed E-state index contributed by atoms with van der Waals surface area (Å²) in [6, 6.07) is 12.7. The lowest BCUT2D eigenvalue weighted by atomic mass is 9.79. The van der Waals surface area contributed by atoms with Crippen molar-refractivity contribution in [1.29, 1.82) is 0 Å². The van der Waals surface area contributed by atoms with Crippen molar-refractivity contribution >= 4 is 0 Å². The van der Waals surface area contributed by atoms with Gasteiger partial charge in [0.05, 0.1) is 6.04 Å². The fourth-order valence-corrected chi connectivity index (χ4v) is 2.90. The Kier molecular flexibility index (Phi) is 2.96. The van der Waals surface area contributed by atoms with Crippen LogP contribution in [-0.2, 0) is 12.8 Å². The maximum absolute atomic E-state index is 6.35. The molecule has 0 radical (unpaired) electrons. The lowest BCUT2D eigenvalue weighted by Gasteiger charge is -2.28. The molecule has 2 unspecified atom stereocenters. The molecule has 2 aromatic rings. The van der Waals surface area contributed by atoms with Crippen molar-refractivity contribution < 1.29 is 4.42 Å². The van der Waals surface area contributed by atoms with Crippen LogP contribution in [0.25, 0.3) is 0 Å². The average Bonchev–Trinajstić information content (AvgIpc) is 2.84. The summed E-state index contributed by atoms with van der Waals surface area (Å²) in [4.78, 5) is 0. The third kappa shape index (κ3) is 2.08. The normalized spacial score (nSPS) is 20.4. The van der Waals surface area contributed by atoms with Crippen molar-refractivity contribution in [3.8, 4) is 0 Å². The fraction of sp³-hybridized carbons (Fsp3) is 0.375. The average molecular weight is 241 g/mol. The highest BCUT2D eigenvalue weighted by Gasteiger charge is 2.26. The van der Waals surface area contributed by atoms with Crippen LogP contribution in [0.3, 0.4) is 0 Å². The zero-order valence-electron chi connectivity index (χ0n) is 10.7. The molecular formula is C16H19NO. The molecule has 0 amide bonds. The molecule has 1 aliphatic carbocycles. The molecule has 0 spiro atoms. The Morgan fingerprint density at radius 3 is 2.67 bits per heavy atom. The van der Waals surface area contributed by atoms with Gasteiger partial charge in [-0.15, -0.1) is 0 Å². The standard InChI is InChI=1S/C16H19NO/c1-11-6-9-15(18-11)16(17)14-8-7-12-4-2-3-5-13(12)10-14/h2-6,9,14,16H,7-8,10,17H2,1H3. The van der Waals surface area contributed by atoms with Crippen LogP contribution in [0.1, 0.15) is 35.1 Å². The Bertz CT molecular complexity index is 544. The number of nitrogens with two attached hydrogens (primary N) is 1. The van der Waals surface area contributed by atoms with Gasteiger partial charge in [-0.25, -0.2) is 0 Å². The van der Waals surface area contributed by atoms with Crippen LogP contribution in [0.2, 0.25) is 0 Å². The second-order valence-corrected chi connectivity index (χ2v) is 5.25. The Balaban J connectivity index is 1.79. The summed E-state index contributed by atoms with van der Waals surface area (Å²) in [5.41, 5.74) is 9.28. The van der Waals surface area contributed by atoms with Crippen LogP contribution in [-0.4, -0.2) is 0 Å². The van der Waals surface area contributed by atoms with E-state index >= 15 is 0 Å². The largest absolute Gasteiger partial charge is 0.465 e. The first kappa shape index (κ1) is 11.5. The molecule has 2 N–H and O–H groups in total. The van der Waals surface area contributed by atoms with E-state index in [1.807, 2.05) is 19.1 Å². The number of fused-ring (bicyclic) bond motifs is 1. The van der Waals surface area contributed by atoms with E-state index in [1.165, 1.54) is 11.1 Å². The summed E-state index contributed by atoms with van der Waals surface area (Å²) < 4.78 is 5.66. The minimum atomic E-state index is 0.0204. The molecule has 1 heterocycles. The van der Waals surface area contributed by atoms with Crippen LogP contribution in [0.4, 0.5) is 0 Å². The number of aryl methyl sites for hydroxylation is 2. The molecule has 18 heavy (non-hydrogen) atoms. The van der Waals surface area contributed by atoms with E-state index in [1.54, 1.807) is 0 Å². The third-order valence-corrected chi connectivity index (χ3v) is 3.98. The molecule has 1 aliphatic rings. The molecular weight excluding hydrogens is 222 g/mol. The summed E-state index contributed by atoms with van der Waals surface area (Å²) in [5.74, 6) is 2.36. The van der Waals surface area contributed by atoms with Gasteiger partial charge in [0.25, 0.3) is 0 Å². The number of furan rings is 1. The van der Waals surface area contributed by atoms with Gasteiger partial charge in [-0.2, -0.15) is 0 Å². The molecule has 1 aromatic carbocycles. The zero-order valence-corrected chi connectivity index (χ0v) is 10.7. The molecule has 0 saturated heterocycles. The van der Waals surface area contributed by atoms with Crippen molar-refractivity contribution in [2.45, 2.75) is 32.2 Å². The maximum Gasteiger partial charge on any atom is 0.121 e. The van der Waals surface area contributed by atoms with Crippen molar-refractivity contribution in [2.75, 3.05) is 0 Å². The summed E-state index contributed by atoms with van der Waals surface area (Å²) in [5, 5.41) is 0. The predicted molar refractivity (Wildman–Crippen MR) is 72.3 cm³/mol. The first-order chi connectivity index (χ1) is 8.74. The van der Waals surface area contributed by atoms with Gasteiger partial charge in [0.1, 0.15) is 11.5 Å². The van der Waals surface area contributed by atoms with Crippen molar-refractivity contribution in [3.05, 3.63) is 59.0 Å². The van der Waals surface area contributed by atoms with Crippen LogP contribution in [0.15, 0.2) is 40.8 Å². The van der Waals surface area contributed by atoms with Crippen molar-refractivity contribution in [1.82, 2.24) is 0 Å². The minimum Gasteiger partial charge on any atom is -0.465 e. The van der Waals surface area contributed by atoms with E-state index in [0.717, 1.165) is 30.8 Å². The van der Waals surface area contributed by atoms with E-state index in [0.29, 0.717) is 5.92 Å². The third-order valence-electron chi connectivity index (χ3n) is 3.98. The van der Waals surface area contributed by atoms with E-state index in [2.05, 4.69) is 24.3 Å². The van der Waals surface area contributed by atoms with E-state index in [9.17, 15) is 0 Å². The minimum absolute atomic E-state index is 0.0204. The second-order valence-electron chi connectivity index (χ2n) is 5.25. The second kappa shape index (κ2) is 4.62. The maximum atomic E-state index is 6.35. The van der Waals surface area contributed by atoms with Crippen molar-refractivity contribution in [2.24, 2.45) is 11.7 Å². The number of hydrogen-bond acceptors (Lipinski definition) is 2. The van der Waals surface area contributed by atoms with Gasteiger partial charge >= 0.3 is 0 Å². The lowest BCUT2D eigenvalue weighted by Crippen LogP contribution is -2.26. The predicted octanol–water partition coefficient (Wildman–Crippen LogP) is 3.39. The van der Waals surface area contributed by atoms with Crippen LogP contribution >= 0.6 is 0 Å². The molecule has 1 aromatic heterocycles. The summed E-state index contributed by atoms with van der Waals surface area (Å²) in [7, 11) is 0.